The molecule has 10 heteroatoms. The van der Waals surface area contributed by atoms with Gasteiger partial charge in [-0.05, 0) is 0 Å². The van der Waals surface area contributed by atoms with Crippen molar-refractivity contribution >= 4 is 36.3 Å². The molecule has 0 unspecified atom stereocenters. The van der Waals surface area contributed by atoms with Gasteiger partial charge in [-0.3, -0.25) is 4.10 Å². The van der Waals surface area contributed by atoms with E-state index in [0.29, 0.717) is 6.26 Å². The van der Waals surface area contributed by atoms with Crippen molar-refractivity contribution in [3.63, 3.8) is 0 Å². The topological polar surface area (TPSA) is 61.8 Å². The quantitative estimate of drug-likeness (QED) is 0.529. The maximum atomic E-state index is 10.9. The molecule has 11 heavy (non-hydrogen) atoms. The third-order valence-corrected chi connectivity index (χ3v) is 0.906. The first-order valence-electron chi connectivity index (χ1n) is 1.92. The van der Waals surface area contributed by atoms with Crippen molar-refractivity contribution in [3.05, 3.63) is 0 Å². The SMILES string of the molecule is CS(=O)(=O)OB(OF)OF.[LiH]. The van der Waals surface area contributed by atoms with E-state index >= 15 is 0 Å². The van der Waals surface area contributed by atoms with Crippen LogP contribution in [0.25, 0.3) is 0 Å². The van der Waals surface area contributed by atoms with Crippen molar-refractivity contribution in [3.8, 4) is 0 Å². The van der Waals surface area contributed by atoms with E-state index < -0.39 is 17.4 Å². The zero-order valence-electron chi connectivity index (χ0n) is 4.78. The average molecular weight is 184 g/mol. The van der Waals surface area contributed by atoms with Crippen LogP contribution in [0.2, 0.25) is 0 Å². The van der Waals surface area contributed by atoms with E-state index in [9.17, 15) is 17.5 Å². The fourth-order valence-electron chi connectivity index (χ4n) is 0.186. The molecule has 0 aromatic carbocycles. The monoisotopic (exact) mass is 184 g/mol. The molecule has 0 saturated carbocycles. The summed E-state index contributed by atoms with van der Waals surface area (Å²) in [5, 5.41) is 0. The molecule has 0 aliphatic rings. The molecule has 0 fully saturated rings. The van der Waals surface area contributed by atoms with Gasteiger partial charge in [0.05, 0.1) is 6.26 Å². The van der Waals surface area contributed by atoms with Crippen LogP contribution in [-0.2, 0) is 23.9 Å². The molecule has 0 radical (unpaired) electrons. The van der Waals surface area contributed by atoms with Gasteiger partial charge in [-0.2, -0.15) is 9.72 Å². The summed E-state index contributed by atoms with van der Waals surface area (Å²) in [6.07, 6.45) is 0.581. The van der Waals surface area contributed by atoms with Crippen molar-refractivity contribution in [1.82, 2.24) is 0 Å². The molecule has 0 amide bonds. The normalized spacial score (nSPS) is 10.5. The molecule has 0 N–H and O–H groups in total. The van der Waals surface area contributed by atoms with E-state index in [1.165, 1.54) is 0 Å². The van der Waals surface area contributed by atoms with E-state index in [0.717, 1.165) is 0 Å². The van der Waals surface area contributed by atoms with Crippen LogP contribution < -0.4 is 0 Å². The van der Waals surface area contributed by atoms with Crippen LogP contribution in [0, 0.1) is 0 Å². The molecule has 5 nitrogen and oxygen atoms in total. The van der Waals surface area contributed by atoms with Gasteiger partial charge >= 0.3 is 26.2 Å². The van der Waals surface area contributed by atoms with Gasteiger partial charge in [0, 0.05) is 0 Å². The van der Waals surface area contributed by atoms with Crippen LogP contribution >= 0.6 is 0 Å². The minimum atomic E-state index is -3.98. The molecule has 0 spiro atoms. The zero-order chi connectivity index (χ0) is 8.20. The summed E-state index contributed by atoms with van der Waals surface area (Å²) in [4.78, 5) is 5.15. The van der Waals surface area contributed by atoms with Gasteiger partial charge < -0.3 is 0 Å². The van der Waals surface area contributed by atoms with Crippen LogP contribution in [0.3, 0.4) is 0 Å². The summed E-state index contributed by atoms with van der Waals surface area (Å²) < 4.78 is 45.5. The van der Waals surface area contributed by atoms with E-state index in [-0.39, 0.29) is 18.9 Å². The standard InChI is InChI=1S/CH3BF2O5S.Li.H/c1-10(5,6)9-2(7-3)8-4;;/h1H3;;. The summed E-state index contributed by atoms with van der Waals surface area (Å²) in [5.74, 6) is 0. The molecule has 0 aromatic rings. The van der Waals surface area contributed by atoms with Crippen LogP contribution in [0.5, 0.6) is 0 Å². The van der Waals surface area contributed by atoms with Gasteiger partial charge in [0.25, 0.3) is 10.1 Å². The maximum absolute atomic E-state index is 10.9. The van der Waals surface area contributed by atoms with Crippen molar-refractivity contribution < 1.29 is 31.3 Å². The predicted octanol–water partition coefficient (Wildman–Crippen LogP) is -0.899. The van der Waals surface area contributed by atoms with Gasteiger partial charge in [-0.15, -0.1) is 0 Å². The van der Waals surface area contributed by atoms with E-state index in [1.807, 2.05) is 0 Å². The van der Waals surface area contributed by atoms with Crippen LogP contribution in [0.1, 0.15) is 0 Å². The Kier molecular flexibility index (Phi) is 7.50. The summed E-state index contributed by atoms with van der Waals surface area (Å²) in [5.41, 5.74) is 0. The molecule has 0 heterocycles. The summed E-state index contributed by atoms with van der Waals surface area (Å²) in [7, 11) is -6.45. The Labute approximate surface area is 74.3 Å². The second-order valence-electron chi connectivity index (χ2n) is 1.27. The third-order valence-electron chi connectivity index (χ3n) is 0.399. The number of hydrogen-bond acceptors (Lipinski definition) is 5. The fourth-order valence-corrected chi connectivity index (χ4v) is 0.531. The zero-order valence-corrected chi connectivity index (χ0v) is 5.60. The van der Waals surface area contributed by atoms with E-state index in [4.69, 9.17) is 0 Å². The van der Waals surface area contributed by atoms with Crippen molar-refractivity contribution in [2.45, 2.75) is 0 Å². The molecule has 0 aliphatic carbocycles. The Bertz CT molecular complexity index is 179. The first kappa shape index (κ1) is 13.9. The first-order valence-corrected chi connectivity index (χ1v) is 3.74. The molecule has 62 valence electrons. The Morgan fingerprint density at radius 2 is 1.64 bits per heavy atom. The van der Waals surface area contributed by atoms with Crippen LogP contribution in [-0.4, -0.2) is 40.9 Å². The Morgan fingerprint density at radius 3 is 1.73 bits per heavy atom. The Balaban J connectivity index is 0. The van der Waals surface area contributed by atoms with E-state index in [1.54, 1.807) is 0 Å². The van der Waals surface area contributed by atoms with Gasteiger partial charge in [-0.25, -0.2) is 8.42 Å². The minimum absolute atomic E-state index is 0. The predicted molar refractivity (Wildman–Crippen MR) is 33.2 cm³/mol. The Hall–Kier alpha value is 0.352. The molecule has 0 bridgehead atoms. The third kappa shape index (κ3) is 8.26. The number of halogens is 2. The van der Waals surface area contributed by atoms with Crippen LogP contribution in [0.4, 0.5) is 9.05 Å². The summed E-state index contributed by atoms with van der Waals surface area (Å²) in [6.45, 7) is 0. The van der Waals surface area contributed by atoms with Gasteiger partial charge in [-0.1, -0.05) is 9.05 Å². The second-order valence-corrected chi connectivity index (χ2v) is 2.87. The molecule has 0 aromatic heterocycles. The van der Waals surface area contributed by atoms with Gasteiger partial charge in [0.2, 0.25) is 0 Å². The van der Waals surface area contributed by atoms with Gasteiger partial charge in [0.1, 0.15) is 0 Å². The van der Waals surface area contributed by atoms with Crippen molar-refractivity contribution in [2.24, 2.45) is 0 Å². The van der Waals surface area contributed by atoms with E-state index in [2.05, 4.69) is 13.8 Å². The van der Waals surface area contributed by atoms with Crippen molar-refractivity contribution in [1.29, 1.82) is 0 Å². The summed E-state index contributed by atoms with van der Waals surface area (Å²) >= 11 is 0. The van der Waals surface area contributed by atoms with Crippen LogP contribution in [0.15, 0.2) is 0 Å². The number of rotatable bonds is 4. The fraction of sp³-hybridized carbons (Fsp3) is 1.00. The molecule has 0 aliphatic heterocycles. The average Bonchev–Trinajstić information content (AvgIpc) is 1.81. The molecule has 0 atom stereocenters. The second kappa shape index (κ2) is 5.93. The summed E-state index contributed by atoms with van der Waals surface area (Å²) in [6, 6.07) is 0. The van der Waals surface area contributed by atoms with Gasteiger partial charge in [0.15, 0.2) is 0 Å². The first-order chi connectivity index (χ1) is 4.49. The van der Waals surface area contributed by atoms with Crippen molar-refractivity contribution in [2.75, 3.05) is 6.26 Å². The number of hydrogen-bond donors (Lipinski definition) is 0. The molecular formula is CH4BF2LiO5S. The Morgan fingerprint density at radius 1 is 1.27 bits per heavy atom. The molecular weight excluding hydrogens is 180 g/mol. The molecule has 0 saturated heterocycles. The molecule has 0 rings (SSSR count).